The fraction of sp³-hybridized carbons (Fsp3) is 0.692. The average molecular weight is 239 g/mol. The van der Waals surface area contributed by atoms with Gasteiger partial charge in [0.05, 0.1) is 5.60 Å². The lowest BCUT2D eigenvalue weighted by atomic mass is 9.95. The molecule has 2 heterocycles. The van der Waals surface area contributed by atoms with Crippen LogP contribution in [0.25, 0.3) is 0 Å². The molecule has 1 aliphatic heterocycles. The minimum atomic E-state index is -0.00405. The number of hydrogen-bond donors (Lipinski definition) is 1. The molecule has 1 aromatic rings. The van der Waals surface area contributed by atoms with Crippen LogP contribution >= 0.6 is 11.3 Å². The number of thiophene rings is 1. The van der Waals surface area contributed by atoms with Gasteiger partial charge in [-0.05, 0) is 31.7 Å². The second-order valence-electron chi connectivity index (χ2n) is 4.92. The summed E-state index contributed by atoms with van der Waals surface area (Å²) in [6.45, 7) is 7.60. The highest BCUT2D eigenvalue weighted by Gasteiger charge is 2.36. The summed E-state index contributed by atoms with van der Waals surface area (Å²) in [7, 11) is 0. The number of rotatable bonds is 3. The molecule has 0 radical (unpaired) electrons. The molecule has 0 aromatic carbocycles. The fourth-order valence-electron chi connectivity index (χ4n) is 2.37. The monoisotopic (exact) mass is 239 g/mol. The maximum absolute atomic E-state index is 6.32. The molecule has 2 nitrogen and oxygen atoms in total. The lowest BCUT2D eigenvalue weighted by Gasteiger charge is -2.42. The zero-order valence-electron chi connectivity index (χ0n) is 10.3. The summed E-state index contributed by atoms with van der Waals surface area (Å²) in [6.07, 6.45) is 2.50. The Morgan fingerprint density at radius 2 is 2.44 bits per heavy atom. The third-order valence-corrected chi connectivity index (χ3v) is 4.20. The van der Waals surface area contributed by atoms with Crippen LogP contribution in [0, 0.1) is 0 Å². The maximum atomic E-state index is 6.32. The predicted octanol–water partition coefficient (Wildman–Crippen LogP) is 3.36. The zero-order chi connectivity index (χ0) is 11.6. The Kier molecular flexibility index (Phi) is 3.67. The van der Waals surface area contributed by atoms with Crippen molar-refractivity contribution in [2.45, 2.75) is 51.4 Å². The third kappa shape index (κ3) is 2.47. The van der Waals surface area contributed by atoms with Crippen LogP contribution in [-0.2, 0) is 4.74 Å². The van der Waals surface area contributed by atoms with E-state index < -0.39 is 0 Å². The van der Waals surface area contributed by atoms with E-state index in [2.05, 4.69) is 43.6 Å². The van der Waals surface area contributed by atoms with E-state index in [-0.39, 0.29) is 11.7 Å². The fourth-order valence-corrected chi connectivity index (χ4v) is 3.23. The van der Waals surface area contributed by atoms with Crippen molar-refractivity contribution in [3.8, 4) is 0 Å². The summed E-state index contributed by atoms with van der Waals surface area (Å²) in [4.78, 5) is 1.34. The van der Waals surface area contributed by atoms with E-state index in [1.165, 1.54) is 11.3 Å². The molecule has 1 saturated heterocycles. The molecule has 1 aromatic heterocycles. The van der Waals surface area contributed by atoms with Gasteiger partial charge in [0, 0.05) is 17.5 Å². The van der Waals surface area contributed by atoms with Crippen LogP contribution in [0.1, 0.15) is 44.6 Å². The second-order valence-corrected chi connectivity index (χ2v) is 5.90. The highest BCUT2D eigenvalue weighted by atomic mass is 32.1. The van der Waals surface area contributed by atoms with Gasteiger partial charge in [0.25, 0.3) is 0 Å². The molecule has 0 bridgehead atoms. The van der Waals surface area contributed by atoms with E-state index in [4.69, 9.17) is 4.74 Å². The molecule has 3 unspecified atom stereocenters. The van der Waals surface area contributed by atoms with Crippen molar-refractivity contribution in [3.05, 3.63) is 22.4 Å². The van der Waals surface area contributed by atoms with E-state index in [1.807, 2.05) is 0 Å². The minimum Gasteiger partial charge on any atom is -0.364 e. The normalized spacial score (nSPS) is 35.2. The van der Waals surface area contributed by atoms with Crippen LogP contribution in [0.5, 0.6) is 0 Å². The number of nitrogens with one attached hydrogen (secondary N) is 1. The molecule has 0 spiro atoms. The highest BCUT2D eigenvalue weighted by Crippen LogP contribution is 2.35. The van der Waals surface area contributed by atoms with E-state index in [0.29, 0.717) is 6.04 Å². The lowest BCUT2D eigenvalue weighted by Crippen LogP contribution is -2.53. The molecule has 1 aliphatic rings. The average Bonchev–Trinajstić information content (AvgIpc) is 2.76. The standard InChI is InChI=1S/C13H21NOS/c1-4-7-13(3)9-14-10(2)12(15-13)11-6-5-8-16-11/h5-6,8,10,12,14H,4,7,9H2,1-3H3. The van der Waals surface area contributed by atoms with Gasteiger partial charge in [0.15, 0.2) is 0 Å². The molecule has 3 atom stereocenters. The van der Waals surface area contributed by atoms with Crippen LogP contribution in [0.2, 0.25) is 0 Å². The van der Waals surface area contributed by atoms with E-state index in [1.54, 1.807) is 11.3 Å². The zero-order valence-corrected chi connectivity index (χ0v) is 11.1. The molecule has 90 valence electrons. The molecule has 0 saturated carbocycles. The van der Waals surface area contributed by atoms with E-state index >= 15 is 0 Å². The van der Waals surface area contributed by atoms with Gasteiger partial charge in [-0.25, -0.2) is 0 Å². The van der Waals surface area contributed by atoms with Crippen molar-refractivity contribution in [1.29, 1.82) is 0 Å². The van der Waals surface area contributed by atoms with Crippen molar-refractivity contribution in [2.24, 2.45) is 0 Å². The number of morpholine rings is 1. The Balaban J connectivity index is 2.12. The summed E-state index contributed by atoms with van der Waals surface area (Å²) in [5, 5.41) is 5.70. The summed E-state index contributed by atoms with van der Waals surface area (Å²) < 4.78 is 6.32. The molecule has 0 amide bonds. The Morgan fingerprint density at radius 3 is 3.06 bits per heavy atom. The number of hydrogen-bond acceptors (Lipinski definition) is 3. The van der Waals surface area contributed by atoms with Gasteiger partial charge in [-0.15, -0.1) is 11.3 Å². The lowest BCUT2D eigenvalue weighted by molar-refractivity contribution is -0.128. The van der Waals surface area contributed by atoms with Crippen molar-refractivity contribution in [2.75, 3.05) is 6.54 Å². The smallest absolute Gasteiger partial charge is 0.107 e. The Hall–Kier alpha value is -0.380. The van der Waals surface area contributed by atoms with Crippen LogP contribution in [0.15, 0.2) is 17.5 Å². The van der Waals surface area contributed by atoms with Crippen molar-refractivity contribution in [1.82, 2.24) is 5.32 Å². The van der Waals surface area contributed by atoms with Gasteiger partial charge in [0.2, 0.25) is 0 Å². The summed E-state index contributed by atoms with van der Waals surface area (Å²) in [5.41, 5.74) is -0.00405. The number of ether oxygens (including phenoxy) is 1. The maximum Gasteiger partial charge on any atom is 0.107 e. The van der Waals surface area contributed by atoms with Gasteiger partial charge in [0.1, 0.15) is 6.10 Å². The first-order valence-corrected chi connectivity index (χ1v) is 6.97. The highest BCUT2D eigenvalue weighted by molar-refractivity contribution is 7.10. The van der Waals surface area contributed by atoms with Crippen LogP contribution in [0.3, 0.4) is 0 Å². The predicted molar refractivity (Wildman–Crippen MR) is 68.9 cm³/mol. The van der Waals surface area contributed by atoms with Crippen LogP contribution in [-0.4, -0.2) is 18.2 Å². The SMILES string of the molecule is CCCC1(C)CNC(C)C(c2cccs2)O1. The Labute approximate surface area is 102 Å². The largest absolute Gasteiger partial charge is 0.364 e. The molecular weight excluding hydrogens is 218 g/mol. The molecular formula is C13H21NOS. The van der Waals surface area contributed by atoms with Gasteiger partial charge in [-0.1, -0.05) is 19.4 Å². The minimum absolute atomic E-state index is 0.00405. The Morgan fingerprint density at radius 1 is 1.62 bits per heavy atom. The summed E-state index contributed by atoms with van der Waals surface area (Å²) in [5.74, 6) is 0. The van der Waals surface area contributed by atoms with Crippen molar-refractivity contribution in [3.63, 3.8) is 0 Å². The molecule has 3 heteroatoms. The van der Waals surface area contributed by atoms with Gasteiger partial charge in [-0.2, -0.15) is 0 Å². The summed E-state index contributed by atoms with van der Waals surface area (Å²) >= 11 is 1.79. The quantitative estimate of drug-likeness (QED) is 0.873. The Bertz CT molecular complexity index is 325. The molecule has 16 heavy (non-hydrogen) atoms. The summed E-state index contributed by atoms with van der Waals surface area (Å²) in [6, 6.07) is 4.68. The van der Waals surface area contributed by atoms with Gasteiger partial charge < -0.3 is 10.1 Å². The van der Waals surface area contributed by atoms with Crippen molar-refractivity contribution >= 4 is 11.3 Å². The second kappa shape index (κ2) is 4.86. The van der Waals surface area contributed by atoms with Crippen LogP contribution < -0.4 is 5.32 Å². The van der Waals surface area contributed by atoms with Gasteiger partial charge in [-0.3, -0.25) is 0 Å². The van der Waals surface area contributed by atoms with Crippen LogP contribution in [0.4, 0.5) is 0 Å². The first-order chi connectivity index (χ1) is 7.64. The molecule has 1 N–H and O–H groups in total. The molecule has 2 rings (SSSR count). The van der Waals surface area contributed by atoms with Crippen molar-refractivity contribution < 1.29 is 4.74 Å². The van der Waals surface area contributed by atoms with E-state index in [9.17, 15) is 0 Å². The van der Waals surface area contributed by atoms with E-state index in [0.717, 1.165) is 13.0 Å². The first kappa shape index (κ1) is 12.1. The topological polar surface area (TPSA) is 21.3 Å². The molecule has 0 aliphatic carbocycles. The van der Waals surface area contributed by atoms with Gasteiger partial charge >= 0.3 is 0 Å². The third-order valence-electron chi connectivity index (χ3n) is 3.27. The molecule has 1 fully saturated rings. The first-order valence-electron chi connectivity index (χ1n) is 6.09.